The van der Waals surface area contributed by atoms with Crippen molar-refractivity contribution < 1.29 is 33.2 Å². The summed E-state index contributed by atoms with van der Waals surface area (Å²) < 4.78 is 34.6. The number of hydrogen-bond acceptors (Lipinski definition) is 7. The first-order valence-corrected chi connectivity index (χ1v) is 7.33. The van der Waals surface area contributed by atoms with Gasteiger partial charge in [-0.2, -0.15) is 0 Å². The maximum atomic E-state index is 11.4. The molecule has 0 bridgehead atoms. The lowest BCUT2D eigenvalue weighted by molar-refractivity contribution is -0.330. The van der Waals surface area contributed by atoms with E-state index in [0.29, 0.717) is 6.61 Å². The van der Waals surface area contributed by atoms with Gasteiger partial charge in [-0.25, -0.2) is 4.79 Å². The highest BCUT2D eigenvalue weighted by atomic mass is 16.9. The van der Waals surface area contributed by atoms with E-state index in [9.17, 15) is 4.79 Å². The zero-order chi connectivity index (χ0) is 16.2. The van der Waals surface area contributed by atoms with Crippen LogP contribution >= 0.6 is 0 Å². The lowest BCUT2D eigenvalue weighted by Crippen LogP contribution is -2.51. The Labute approximate surface area is 129 Å². The molecular weight excluding hydrogens is 292 g/mol. The van der Waals surface area contributed by atoms with Crippen LogP contribution in [-0.2, 0) is 33.2 Å². The molecule has 0 amide bonds. The first kappa shape index (κ1) is 15.9. The van der Waals surface area contributed by atoms with Gasteiger partial charge in [0.15, 0.2) is 11.6 Å². The highest BCUT2D eigenvalue weighted by Crippen LogP contribution is 2.48. The average molecular weight is 314 g/mol. The Bertz CT molecular complexity index is 486. The van der Waals surface area contributed by atoms with Crippen molar-refractivity contribution in [3.63, 3.8) is 0 Å². The first-order valence-electron chi connectivity index (χ1n) is 7.33. The maximum absolute atomic E-state index is 11.4. The Balaban J connectivity index is 1.83. The molecule has 4 atom stereocenters. The molecule has 7 heteroatoms. The topological polar surface area (TPSA) is 72.5 Å². The smallest absolute Gasteiger partial charge is 0.330 e. The van der Waals surface area contributed by atoms with E-state index in [-0.39, 0.29) is 18.8 Å². The van der Waals surface area contributed by atoms with Gasteiger partial charge in [-0.05, 0) is 27.7 Å². The van der Waals surface area contributed by atoms with Crippen molar-refractivity contribution in [1.82, 2.24) is 0 Å². The van der Waals surface area contributed by atoms with Gasteiger partial charge in [-0.1, -0.05) is 6.58 Å². The van der Waals surface area contributed by atoms with Crippen molar-refractivity contribution in [1.29, 1.82) is 0 Å². The Morgan fingerprint density at radius 3 is 2.64 bits per heavy atom. The molecule has 0 spiro atoms. The molecule has 124 valence electrons. The molecule has 0 aromatic heterocycles. The summed E-state index contributed by atoms with van der Waals surface area (Å²) in [6.45, 7) is 10.9. The molecule has 7 nitrogen and oxygen atoms in total. The molecule has 22 heavy (non-hydrogen) atoms. The van der Waals surface area contributed by atoms with Crippen LogP contribution in [0.15, 0.2) is 12.7 Å². The number of rotatable bonds is 3. The number of esters is 1. The zero-order valence-electron chi connectivity index (χ0n) is 13.3. The molecule has 3 heterocycles. The van der Waals surface area contributed by atoms with E-state index in [0.717, 1.165) is 6.08 Å². The van der Waals surface area contributed by atoms with Crippen molar-refractivity contribution in [3.8, 4) is 0 Å². The SMILES string of the molecule is C=CC(=O)OC[C@@]12O[C@H]3COC(C)(C)O[C@H]3[C@@H]1OC(C)(C)O2. The Hall–Kier alpha value is -0.990. The second-order valence-electron chi connectivity index (χ2n) is 6.61. The van der Waals surface area contributed by atoms with Crippen LogP contribution in [0.5, 0.6) is 0 Å². The zero-order valence-corrected chi connectivity index (χ0v) is 13.3. The van der Waals surface area contributed by atoms with Gasteiger partial charge in [0, 0.05) is 6.08 Å². The van der Waals surface area contributed by atoms with E-state index < -0.39 is 29.4 Å². The second-order valence-corrected chi connectivity index (χ2v) is 6.61. The van der Waals surface area contributed by atoms with E-state index in [1.165, 1.54) is 0 Å². The summed E-state index contributed by atoms with van der Waals surface area (Å²) in [4.78, 5) is 11.4. The summed E-state index contributed by atoms with van der Waals surface area (Å²) in [5, 5.41) is 0. The highest BCUT2D eigenvalue weighted by Gasteiger charge is 2.67. The standard InChI is InChI=1S/C15H22O7/c1-6-10(16)17-8-15-12(21-14(4,5)22-15)11-9(19-15)7-18-13(2,3)20-11/h6,9,11-12H,1,7-8H2,2-5H3/t9-,11+,12-,15-/m0/s1. The molecule has 0 unspecified atom stereocenters. The van der Waals surface area contributed by atoms with Crippen molar-refractivity contribution >= 4 is 5.97 Å². The monoisotopic (exact) mass is 314 g/mol. The van der Waals surface area contributed by atoms with E-state index in [4.69, 9.17) is 28.4 Å². The van der Waals surface area contributed by atoms with Crippen molar-refractivity contribution in [3.05, 3.63) is 12.7 Å². The fraction of sp³-hybridized carbons (Fsp3) is 0.800. The molecule has 3 rings (SSSR count). The third-order valence-electron chi connectivity index (χ3n) is 3.88. The summed E-state index contributed by atoms with van der Waals surface area (Å²) >= 11 is 0. The van der Waals surface area contributed by atoms with Gasteiger partial charge in [0.1, 0.15) is 24.9 Å². The van der Waals surface area contributed by atoms with Crippen LogP contribution in [0.4, 0.5) is 0 Å². The summed E-state index contributed by atoms with van der Waals surface area (Å²) in [5.41, 5.74) is 0. The van der Waals surface area contributed by atoms with Gasteiger partial charge >= 0.3 is 5.97 Å². The normalized spacial score (nSPS) is 41.5. The molecule has 3 aliphatic heterocycles. The van der Waals surface area contributed by atoms with E-state index in [2.05, 4.69) is 6.58 Å². The predicted molar refractivity (Wildman–Crippen MR) is 73.7 cm³/mol. The quantitative estimate of drug-likeness (QED) is 0.571. The summed E-state index contributed by atoms with van der Waals surface area (Å²) in [5.74, 6) is -3.32. The first-order chi connectivity index (χ1) is 10.2. The van der Waals surface area contributed by atoms with Gasteiger partial charge < -0.3 is 28.4 Å². The lowest BCUT2D eigenvalue weighted by atomic mass is 10.0. The minimum atomic E-state index is -1.19. The molecule has 0 N–H and O–H groups in total. The largest absolute Gasteiger partial charge is 0.457 e. The van der Waals surface area contributed by atoms with Gasteiger partial charge in [-0.3, -0.25) is 0 Å². The number of fused-ring (bicyclic) bond motifs is 3. The molecule has 0 aliphatic carbocycles. The molecule has 0 saturated carbocycles. The third kappa shape index (κ3) is 2.68. The Kier molecular flexibility index (Phi) is 3.61. The molecule has 0 aromatic carbocycles. The van der Waals surface area contributed by atoms with Gasteiger partial charge in [-0.15, -0.1) is 0 Å². The Morgan fingerprint density at radius 2 is 1.95 bits per heavy atom. The van der Waals surface area contributed by atoms with Crippen LogP contribution in [0.25, 0.3) is 0 Å². The number of hydrogen-bond donors (Lipinski definition) is 0. The van der Waals surface area contributed by atoms with E-state index in [1.807, 2.05) is 13.8 Å². The molecule has 3 fully saturated rings. The Morgan fingerprint density at radius 1 is 1.23 bits per heavy atom. The number of carbonyl (C=O) groups excluding carboxylic acids is 1. The lowest BCUT2D eigenvalue weighted by Gasteiger charge is -2.38. The third-order valence-corrected chi connectivity index (χ3v) is 3.88. The molecular formula is C15H22O7. The average Bonchev–Trinajstić information content (AvgIpc) is 2.83. The van der Waals surface area contributed by atoms with Crippen LogP contribution in [-0.4, -0.2) is 54.9 Å². The highest BCUT2D eigenvalue weighted by molar-refractivity contribution is 5.81. The van der Waals surface area contributed by atoms with Gasteiger partial charge in [0.2, 0.25) is 5.79 Å². The van der Waals surface area contributed by atoms with Gasteiger partial charge in [0.25, 0.3) is 0 Å². The minimum Gasteiger partial charge on any atom is -0.457 e. The van der Waals surface area contributed by atoms with Crippen LogP contribution in [0, 0.1) is 0 Å². The minimum absolute atomic E-state index is 0.0945. The molecule has 0 radical (unpaired) electrons. The fourth-order valence-electron chi connectivity index (χ4n) is 3.11. The van der Waals surface area contributed by atoms with Crippen LogP contribution in [0.1, 0.15) is 27.7 Å². The van der Waals surface area contributed by atoms with Crippen molar-refractivity contribution in [2.45, 2.75) is 63.4 Å². The molecule has 0 aromatic rings. The van der Waals surface area contributed by atoms with Crippen molar-refractivity contribution in [2.75, 3.05) is 13.2 Å². The number of ether oxygens (including phenoxy) is 6. The number of carbonyl (C=O) groups is 1. The second kappa shape index (κ2) is 5.01. The maximum Gasteiger partial charge on any atom is 0.330 e. The summed E-state index contributed by atoms with van der Waals surface area (Å²) in [6.07, 6.45) is -0.102. The van der Waals surface area contributed by atoms with Crippen molar-refractivity contribution in [2.24, 2.45) is 0 Å². The predicted octanol–water partition coefficient (Wildman–Crippen LogP) is 1.11. The summed E-state index contributed by atoms with van der Waals surface area (Å²) in [6, 6.07) is 0. The molecule has 3 aliphatic rings. The van der Waals surface area contributed by atoms with Gasteiger partial charge in [0.05, 0.1) is 6.61 Å². The van der Waals surface area contributed by atoms with Crippen LogP contribution in [0.3, 0.4) is 0 Å². The summed E-state index contributed by atoms with van der Waals surface area (Å²) in [7, 11) is 0. The van der Waals surface area contributed by atoms with Crippen LogP contribution in [0.2, 0.25) is 0 Å². The van der Waals surface area contributed by atoms with E-state index in [1.54, 1.807) is 13.8 Å². The van der Waals surface area contributed by atoms with E-state index >= 15 is 0 Å². The van der Waals surface area contributed by atoms with Crippen LogP contribution < -0.4 is 0 Å². The fourth-order valence-corrected chi connectivity index (χ4v) is 3.11. The molecule has 3 saturated heterocycles.